The Morgan fingerprint density at radius 3 is 3.12 bits per heavy atom. The molecule has 0 fully saturated rings. The number of furan rings is 1. The van der Waals surface area contributed by atoms with Gasteiger partial charge in [0.1, 0.15) is 10.6 Å². The number of carbonyl (C=O) groups is 1. The second-order valence-electron chi connectivity index (χ2n) is 4.88. The predicted molar refractivity (Wildman–Crippen MR) is 95.4 cm³/mol. The summed E-state index contributed by atoms with van der Waals surface area (Å²) in [4.78, 5) is 29.6. The van der Waals surface area contributed by atoms with Gasteiger partial charge in [0.25, 0.3) is 5.56 Å². The Hall–Kier alpha value is -2.32. The summed E-state index contributed by atoms with van der Waals surface area (Å²) in [6.45, 7) is 4.37. The first-order valence-electron chi connectivity index (χ1n) is 7.20. The van der Waals surface area contributed by atoms with Crippen molar-refractivity contribution < 1.29 is 9.21 Å². The predicted octanol–water partition coefficient (Wildman–Crippen LogP) is 2.65. The number of fused-ring (bicyclic) bond motifs is 1. The first-order chi connectivity index (χ1) is 11.7. The molecule has 0 aliphatic carbocycles. The van der Waals surface area contributed by atoms with Gasteiger partial charge in [-0.1, -0.05) is 17.8 Å². The number of nitrogens with one attached hydrogen (secondary N) is 1. The van der Waals surface area contributed by atoms with Crippen molar-refractivity contribution in [3.63, 3.8) is 0 Å². The Bertz CT molecular complexity index is 912. The van der Waals surface area contributed by atoms with Gasteiger partial charge in [-0.25, -0.2) is 4.98 Å². The summed E-state index contributed by atoms with van der Waals surface area (Å²) in [7, 11) is 0. The molecule has 6 nitrogen and oxygen atoms in total. The Morgan fingerprint density at radius 2 is 2.38 bits per heavy atom. The van der Waals surface area contributed by atoms with Gasteiger partial charge in [0.05, 0.1) is 23.9 Å². The number of hydrogen-bond acceptors (Lipinski definition) is 6. The third-order valence-corrected chi connectivity index (χ3v) is 5.02. The smallest absolute Gasteiger partial charge is 0.263 e. The van der Waals surface area contributed by atoms with Gasteiger partial charge >= 0.3 is 0 Å². The van der Waals surface area contributed by atoms with E-state index < -0.39 is 0 Å². The third-order valence-electron chi connectivity index (χ3n) is 3.23. The molecule has 3 aromatic rings. The van der Waals surface area contributed by atoms with Crippen molar-refractivity contribution >= 4 is 39.2 Å². The fraction of sp³-hybridized carbons (Fsp3) is 0.188. The molecule has 0 radical (unpaired) electrons. The van der Waals surface area contributed by atoms with Crippen LogP contribution in [0.25, 0.3) is 10.2 Å². The van der Waals surface area contributed by atoms with Crippen molar-refractivity contribution in [2.45, 2.75) is 18.2 Å². The number of thiophene rings is 1. The maximum atomic E-state index is 12.5. The molecule has 0 spiro atoms. The van der Waals surface area contributed by atoms with Crippen LogP contribution in [0.15, 0.2) is 56.9 Å². The van der Waals surface area contributed by atoms with Crippen molar-refractivity contribution in [1.82, 2.24) is 14.9 Å². The van der Waals surface area contributed by atoms with Crippen molar-refractivity contribution in [3.8, 4) is 0 Å². The average molecular weight is 361 g/mol. The number of aromatic nitrogens is 2. The monoisotopic (exact) mass is 361 g/mol. The molecule has 24 heavy (non-hydrogen) atoms. The second-order valence-corrected chi connectivity index (χ2v) is 6.72. The molecular formula is C16H15N3O3S2. The highest BCUT2D eigenvalue weighted by Gasteiger charge is 2.13. The summed E-state index contributed by atoms with van der Waals surface area (Å²) >= 11 is 2.64. The van der Waals surface area contributed by atoms with E-state index in [2.05, 4.69) is 16.9 Å². The molecule has 3 rings (SSSR count). The molecule has 0 aliphatic rings. The summed E-state index contributed by atoms with van der Waals surface area (Å²) in [5.41, 5.74) is -0.111. The minimum absolute atomic E-state index is 0.111. The molecule has 0 bridgehead atoms. The third kappa shape index (κ3) is 3.60. The minimum Gasteiger partial charge on any atom is -0.467 e. The Labute approximate surface area is 146 Å². The van der Waals surface area contributed by atoms with Crippen molar-refractivity contribution in [2.24, 2.45) is 0 Å². The van der Waals surface area contributed by atoms with Gasteiger partial charge in [-0.05, 0) is 23.6 Å². The summed E-state index contributed by atoms with van der Waals surface area (Å²) in [6, 6.07) is 5.32. The number of rotatable bonds is 7. The van der Waals surface area contributed by atoms with Gasteiger partial charge in [-0.2, -0.15) is 0 Å². The Morgan fingerprint density at radius 1 is 1.50 bits per heavy atom. The lowest BCUT2D eigenvalue weighted by Gasteiger charge is -2.10. The summed E-state index contributed by atoms with van der Waals surface area (Å²) in [6.07, 6.45) is 3.20. The van der Waals surface area contributed by atoms with E-state index in [-0.39, 0.29) is 17.2 Å². The fourth-order valence-corrected chi connectivity index (χ4v) is 3.75. The van der Waals surface area contributed by atoms with Crippen LogP contribution in [0, 0.1) is 0 Å². The number of nitrogens with zero attached hydrogens (tertiary/aromatic N) is 2. The van der Waals surface area contributed by atoms with E-state index in [1.807, 2.05) is 5.38 Å². The number of thioether (sulfide) groups is 1. The van der Waals surface area contributed by atoms with Gasteiger partial charge in [0, 0.05) is 6.54 Å². The quantitative estimate of drug-likeness (QED) is 0.398. The van der Waals surface area contributed by atoms with E-state index in [0.29, 0.717) is 34.2 Å². The molecule has 8 heteroatoms. The molecule has 0 unspecified atom stereocenters. The van der Waals surface area contributed by atoms with E-state index in [0.717, 1.165) is 0 Å². The normalized spacial score (nSPS) is 10.8. The summed E-state index contributed by atoms with van der Waals surface area (Å²) < 4.78 is 6.70. The molecule has 0 aromatic carbocycles. The maximum Gasteiger partial charge on any atom is 0.263 e. The number of hydrogen-bond donors (Lipinski definition) is 1. The fourth-order valence-electron chi connectivity index (χ4n) is 2.11. The van der Waals surface area contributed by atoms with E-state index in [1.165, 1.54) is 27.7 Å². The number of carbonyl (C=O) groups excluding carboxylic acids is 1. The molecule has 0 aliphatic heterocycles. The van der Waals surface area contributed by atoms with Crippen molar-refractivity contribution in [1.29, 1.82) is 0 Å². The van der Waals surface area contributed by atoms with Crippen LogP contribution in [0.2, 0.25) is 0 Å². The van der Waals surface area contributed by atoms with Gasteiger partial charge in [-0.15, -0.1) is 17.9 Å². The maximum absolute atomic E-state index is 12.5. The summed E-state index contributed by atoms with van der Waals surface area (Å²) in [5, 5.41) is 5.71. The molecule has 0 atom stereocenters. The molecular weight excluding hydrogens is 346 g/mol. The molecule has 3 aromatic heterocycles. The van der Waals surface area contributed by atoms with Gasteiger partial charge in [0.15, 0.2) is 5.16 Å². The van der Waals surface area contributed by atoms with Gasteiger partial charge in [-0.3, -0.25) is 14.2 Å². The lowest BCUT2D eigenvalue weighted by molar-refractivity contribution is -0.118. The zero-order valence-corrected chi connectivity index (χ0v) is 14.4. The number of allylic oxidation sites excluding steroid dienone is 1. The molecule has 1 N–H and O–H groups in total. The topological polar surface area (TPSA) is 77.1 Å². The van der Waals surface area contributed by atoms with E-state index in [9.17, 15) is 9.59 Å². The van der Waals surface area contributed by atoms with Crippen molar-refractivity contribution in [3.05, 3.63) is 58.6 Å². The highest BCUT2D eigenvalue weighted by atomic mass is 32.2. The largest absolute Gasteiger partial charge is 0.467 e. The van der Waals surface area contributed by atoms with Crippen molar-refractivity contribution in [2.75, 3.05) is 5.75 Å². The van der Waals surface area contributed by atoms with Crippen LogP contribution in [0.4, 0.5) is 0 Å². The van der Waals surface area contributed by atoms with Crippen LogP contribution in [-0.4, -0.2) is 21.2 Å². The standard InChI is InChI=1S/C16H15N3O3S2/c1-2-6-19-15(21)12-5-8-23-14(12)18-16(19)24-10-13(20)17-9-11-4-3-7-22-11/h2-5,7-8H,1,6,9-10H2,(H,17,20). The zero-order valence-electron chi connectivity index (χ0n) is 12.7. The first-order valence-corrected chi connectivity index (χ1v) is 9.06. The minimum atomic E-state index is -0.151. The van der Waals surface area contributed by atoms with Gasteiger partial charge < -0.3 is 9.73 Å². The lowest BCUT2D eigenvalue weighted by atomic mass is 10.4. The Balaban J connectivity index is 1.71. The zero-order chi connectivity index (χ0) is 16.9. The lowest BCUT2D eigenvalue weighted by Crippen LogP contribution is -2.26. The molecule has 0 saturated heterocycles. The van der Waals surface area contributed by atoms with Crippen LogP contribution >= 0.6 is 23.1 Å². The molecule has 0 saturated carbocycles. The first kappa shape index (κ1) is 16.5. The number of amides is 1. The van der Waals surface area contributed by atoms with Crippen LogP contribution < -0.4 is 10.9 Å². The highest BCUT2D eigenvalue weighted by molar-refractivity contribution is 7.99. The van der Waals surface area contributed by atoms with Crippen LogP contribution in [0.1, 0.15) is 5.76 Å². The van der Waals surface area contributed by atoms with E-state index in [4.69, 9.17) is 4.42 Å². The highest BCUT2D eigenvalue weighted by Crippen LogP contribution is 2.21. The molecule has 3 heterocycles. The molecule has 1 amide bonds. The SMILES string of the molecule is C=CCn1c(SCC(=O)NCc2ccco2)nc2sccc2c1=O. The van der Waals surface area contributed by atoms with Crippen LogP contribution in [0.3, 0.4) is 0 Å². The summed E-state index contributed by atoms with van der Waals surface area (Å²) in [5.74, 6) is 0.707. The Kier molecular flexibility index (Phi) is 5.17. The van der Waals surface area contributed by atoms with Crippen LogP contribution in [0.5, 0.6) is 0 Å². The van der Waals surface area contributed by atoms with E-state index >= 15 is 0 Å². The second kappa shape index (κ2) is 7.50. The molecule has 124 valence electrons. The van der Waals surface area contributed by atoms with Gasteiger partial charge in [0.2, 0.25) is 5.91 Å². The van der Waals surface area contributed by atoms with E-state index in [1.54, 1.807) is 30.5 Å². The average Bonchev–Trinajstić information content (AvgIpc) is 3.25. The van der Waals surface area contributed by atoms with Crippen LogP contribution in [-0.2, 0) is 17.9 Å².